The first-order chi connectivity index (χ1) is 11.7. The number of nitriles is 1. The van der Waals surface area contributed by atoms with Gasteiger partial charge in [0.15, 0.2) is 0 Å². The second-order valence-corrected chi connectivity index (χ2v) is 6.17. The first kappa shape index (κ1) is 16.1. The minimum Gasteiger partial charge on any atom is -0.235 e. The number of hydrogen-bond donors (Lipinski definition) is 0. The Morgan fingerprint density at radius 3 is 2.50 bits per heavy atom. The second kappa shape index (κ2) is 7.20. The molecule has 2 aromatic carbocycles. The van der Waals surface area contributed by atoms with Gasteiger partial charge in [-0.25, -0.2) is 9.37 Å². The third kappa shape index (κ3) is 3.58. The predicted molar refractivity (Wildman–Crippen MR) is 96.8 cm³/mol. The van der Waals surface area contributed by atoms with Crippen LogP contribution in [0.25, 0.3) is 22.9 Å². The van der Waals surface area contributed by atoms with Crippen LogP contribution in [-0.4, -0.2) is 4.98 Å². The van der Waals surface area contributed by atoms with Gasteiger partial charge in [0.05, 0.1) is 11.3 Å². The average molecular weight is 334 g/mol. The first-order valence-electron chi connectivity index (χ1n) is 7.62. The van der Waals surface area contributed by atoms with E-state index in [2.05, 4.69) is 30.1 Å². The highest BCUT2D eigenvalue weighted by atomic mass is 32.1. The van der Waals surface area contributed by atoms with Gasteiger partial charge in [-0.05, 0) is 47.9 Å². The summed E-state index contributed by atoms with van der Waals surface area (Å²) >= 11 is 1.41. The Bertz CT molecular complexity index is 900. The standard InChI is InChI=1S/C20H15FN2S/c1-2-14-3-5-15(6-4-14)11-17(12-22)20-23-19(13-24-20)16-7-9-18(21)10-8-16/h3-11,13H,2H2,1H3. The molecule has 2 nitrogen and oxygen atoms in total. The van der Waals surface area contributed by atoms with Gasteiger partial charge in [0.1, 0.15) is 16.9 Å². The zero-order valence-electron chi connectivity index (χ0n) is 13.2. The van der Waals surface area contributed by atoms with Gasteiger partial charge in [-0.2, -0.15) is 5.26 Å². The summed E-state index contributed by atoms with van der Waals surface area (Å²) < 4.78 is 13.0. The van der Waals surface area contributed by atoms with Gasteiger partial charge >= 0.3 is 0 Å². The number of benzene rings is 2. The van der Waals surface area contributed by atoms with Crippen molar-refractivity contribution in [2.75, 3.05) is 0 Å². The maximum absolute atomic E-state index is 13.0. The molecule has 3 aromatic rings. The van der Waals surface area contributed by atoms with E-state index in [0.29, 0.717) is 10.6 Å². The molecule has 3 rings (SSSR count). The molecule has 0 bridgehead atoms. The highest BCUT2D eigenvalue weighted by Gasteiger charge is 2.09. The van der Waals surface area contributed by atoms with Crippen molar-refractivity contribution in [3.05, 3.63) is 75.9 Å². The lowest BCUT2D eigenvalue weighted by Crippen LogP contribution is -1.84. The van der Waals surface area contributed by atoms with E-state index in [1.165, 1.54) is 29.0 Å². The van der Waals surface area contributed by atoms with Crippen molar-refractivity contribution in [3.8, 4) is 17.3 Å². The van der Waals surface area contributed by atoms with E-state index in [-0.39, 0.29) is 5.82 Å². The third-order valence-electron chi connectivity index (χ3n) is 3.69. The van der Waals surface area contributed by atoms with Gasteiger partial charge < -0.3 is 0 Å². The first-order valence-corrected chi connectivity index (χ1v) is 8.50. The van der Waals surface area contributed by atoms with Crippen LogP contribution in [0, 0.1) is 17.1 Å². The molecule has 0 aliphatic rings. The van der Waals surface area contributed by atoms with E-state index < -0.39 is 0 Å². The van der Waals surface area contributed by atoms with Crippen molar-refractivity contribution < 1.29 is 4.39 Å². The number of halogens is 1. The monoisotopic (exact) mass is 334 g/mol. The molecule has 0 N–H and O–H groups in total. The Balaban J connectivity index is 1.90. The van der Waals surface area contributed by atoms with E-state index in [4.69, 9.17) is 0 Å². The second-order valence-electron chi connectivity index (χ2n) is 5.31. The van der Waals surface area contributed by atoms with Crippen LogP contribution in [0.1, 0.15) is 23.1 Å². The molecule has 1 heterocycles. The lowest BCUT2D eigenvalue weighted by Gasteiger charge is -1.99. The van der Waals surface area contributed by atoms with Crippen molar-refractivity contribution in [2.45, 2.75) is 13.3 Å². The van der Waals surface area contributed by atoms with Crippen LogP contribution in [0.5, 0.6) is 0 Å². The number of aromatic nitrogens is 1. The van der Waals surface area contributed by atoms with Crippen molar-refractivity contribution in [2.24, 2.45) is 0 Å². The summed E-state index contributed by atoms with van der Waals surface area (Å²) in [5.74, 6) is -0.276. The molecule has 0 saturated carbocycles. The van der Waals surface area contributed by atoms with Gasteiger partial charge in [-0.1, -0.05) is 31.2 Å². The molecular formula is C20H15FN2S. The van der Waals surface area contributed by atoms with Gasteiger partial charge in [-0.15, -0.1) is 11.3 Å². The van der Waals surface area contributed by atoms with Gasteiger partial charge in [-0.3, -0.25) is 0 Å². The Labute approximate surface area is 144 Å². The molecular weight excluding hydrogens is 319 g/mol. The summed E-state index contributed by atoms with van der Waals surface area (Å²) in [6.07, 6.45) is 2.83. The molecule has 0 radical (unpaired) electrons. The topological polar surface area (TPSA) is 36.7 Å². The van der Waals surface area contributed by atoms with Gasteiger partial charge in [0.25, 0.3) is 0 Å². The third-order valence-corrected chi connectivity index (χ3v) is 4.57. The molecule has 118 valence electrons. The normalized spacial score (nSPS) is 11.3. The summed E-state index contributed by atoms with van der Waals surface area (Å²) in [7, 11) is 0. The van der Waals surface area contributed by atoms with Crippen LogP contribution in [0.3, 0.4) is 0 Å². The summed E-state index contributed by atoms with van der Waals surface area (Å²) in [6, 6.07) is 16.5. The Morgan fingerprint density at radius 1 is 1.17 bits per heavy atom. The minimum atomic E-state index is -0.276. The van der Waals surface area contributed by atoms with Crippen molar-refractivity contribution in [1.29, 1.82) is 5.26 Å². The number of rotatable bonds is 4. The molecule has 0 fully saturated rings. The average Bonchev–Trinajstić information content (AvgIpc) is 3.10. The molecule has 24 heavy (non-hydrogen) atoms. The fourth-order valence-corrected chi connectivity index (χ4v) is 3.10. The van der Waals surface area contributed by atoms with Gasteiger partial charge in [0, 0.05) is 10.9 Å². The summed E-state index contributed by atoms with van der Waals surface area (Å²) in [6.45, 7) is 2.11. The fraction of sp³-hybridized carbons (Fsp3) is 0.100. The quantitative estimate of drug-likeness (QED) is 0.584. The van der Waals surface area contributed by atoms with Crippen molar-refractivity contribution >= 4 is 23.0 Å². The molecule has 0 amide bonds. The van der Waals surface area contributed by atoms with Crippen molar-refractivity contribution in [3.63, 3.8) is 0 Å². The minimum absolute atomic E-state index is 0.276. The number of nitrogens with zero attached hydrogens (tertiary/aromatic N) is 2. The largest absolute Gasteiger partial charge is 0.235 e. The number of aryl methyl sites for hydroxylation is 1. The lowest BCUT2D eigenvalue weighted by molar-refractivity contribution is 0.628. The SMILES string of the molecule is CCc1ccc(C=C(C#N)c2nc(-c3ccc(F)cc3)cs2)cc1. The van der Waals surface area contributed by atoms with E-state index >= 15 is 0 Å². The van der Waals surface area contributed by atoms with Crippen LogP contribution >= 0.6 is 11.3 Å². The maximum atomic E-state index is 13.0. The molecule has 0 aliphatic carbocycles. The molecule has 0 atom stereocenters. The predicted octanol–water partition coefficient (Wildman–Crippen LogP) is 5.58. The maximum Gasteiger partial charge on any atom is 0.134 e. The lowest BCUT2D eigenvalue weighted by atomic mass is 10.1. The number of allylic oxidation sites excluding steroid dienone is 1. The number of thiazole rings is 1. The fourth-order valence-electron chi connectivity index (χ4n) is 2.31. The summed E-state index contributed by atoms with van der Waals surface area (Å²) in [5, 5.41) is 12.0. The number of hydrogen-bond acceptors (Lipinski definition) is 3. The summed E-state index contributed by atoms with van der Waals surface area (Å²) in [5.41, 5.74) is 4.35. The van der Waals surface area contributed by atoms with E-state index in [1.54, 1.807) is 12.1 Å². The molecule has 0 unspecified atom stereocenters. The smallest absolute Gasteiger partial charge is 0.134 e. The van der Waals surface area contributed by atoms with Crippen LogP contribution in [0.2, 0.25) is 0 Å². The van der Waals surface area contributed by atoms with E-state index in [1.807, 2.05) is 23.6 Å². The zero-order chi connectivity index (χ0) is 16.9. The van der Waals surface area contributed by atoms with E-state index in [9.17, 15) is 9.65 Å². The highest BCUT2D eigenvalue weighted by Crippen LogP contribution is 2.27. The highest BCUT2D eigenvalue weighted by molar-refractivity contribution is 7.11. The molecule has 4 heteroatoms. The van der Waals surface area contributed by atoms with Crippen LogP contribution in [-0.2, 0) is 6.42 Å². The Hall–Kier alpha value is -2.77. The van der Waals surface area contributed by atoms with Gasteiger partial charge in [0.2, 0.25) is 0 Å². The molecule has 0 saturated heterocycles. The van der Waals surface area contributed by atoms with Crippen LogP contribution in [0.4, 0.5) is 4.39 Å². The molecule has 0 aliphatic heterocycles. The van der Waals surface area contributed by atoms with Crippen molar-refractivity contribution in [1.82, 2.24) is 4.98 Å². The summed E-state index contributed by atoms with van der Waals surface area (Å²) in [4.78, 5) is 4.52. The Kier molecular flexibility index (Phi) is 4.83. The van der Waals surface area contributed by atoms with Crippen LogP contribution in [0.15, 0.2) is 53.9 Å². The zero-order valence-corrected chi connectivity index (χ0v) is 14.0. The van der Waals surface area contributed by atoms with E-state index in [0.717, 1.165) is 23.2 Å². The Morgan fingerprint density at radius 2 is 1.88 bits per heavy atom. The molecule has 0 spiro atoms. The van der Waals surface area contributed by atoms with Crippen LogP contribution < -0.4 is 0 Å². The molecule has 1 aromatic heterocycles.